The summed E-state index contributed by atoms with van der Waals surface area (Å²) in [5.74, 6) is -1.46. The summed E-state index contributed by atoms with van der Waals surface area (Å²) in [6.45, 7) is 16.4. The lowest BCUT2D eigenvalue weighted by Crippen LogP contribution is -2.65. The maximum absolute atomic E-state index is 13.9. The quantitative estimate of drug-likeness (QED) is 0.225. The first-order valence-corrected chi connectivity index (χ1v) is 19.9. The van der Waals surface area contributed by atoms with Crippen molar-refractivity contribution in [3.05, 3.63) is 35.9 Å². The predicted octanol–water partition coefficient (Wildman–Crippen LogP) is 4.42. The number of unbranched alkanes of at least 4 members (excludes halogenated alkanes) is 2. The highest BCUT2D eigenvalue weighted by Crippen LogP contribution is 2.37. The van der Waals surface area contributed by atoms with Gasteiger partial charge in [-0.25, -0.2) is 0 Å². The molecular formula is C35H56N4O6Si. The highest BCUT2D eigenvalue weighted by Gasteiger charge is 2.43. The highest BCUT2D eigenvalue weighted by atomic mass is 28.4. The number of rotatable bonds is 12. The van der Waals surface area contributed by atoms with Crippen LogP contribution >= 0.6 is 0 Å². The minimum absolute atomic E-state index is 0.0153. The van der Waals surface area contributed by atoms with E-state index in [0.29, 0.717) is 57.9 Å². The molecule has 10 nitrogen and oxygen atoms in total. The lowest BCUT2D eigenvalue weighted by Gasteiger charge is -2.38. The molecule has 0 saturated carbocycles. The summed E-state index contributed by atoms with van der Waals surface area (Å²) in [5, 5.41) is 8.75. The van der Waals surface area contributed by atoms with Crippen LogP contribution in [0.3, 0.4) is 0 Å². The molecule has 0 radical (unpaired) electrons. The molecule has 1 aromatic rings. The molecule has 0 spiro atoms. The van der Waals surface area contributed by atoms with Gasteiger partial charge in [0.2, 0.25) is 23.6 Å². The van der Waals surface area contributed by atoms with Crippen molar-refractivity contribution in [3.8, 4) is 0 Å². The molecule has 2 aliphatic rings. The molecule has 2 heterocycles. The summed E-state index contributed by atoms with van der Waals surface area (Å²) in [5.41, 5.74) is -0.402. The Labute approximate surface area is 276 Å². The lowest BCUT2D eigenvalue weighted by molar-refractivity contribution is -0.144. The minimum atomic E-state index is -2.06. The Morgan fingerprint density at radius 2 is 1.70 bits per heavy atom. The van der Waals surface area contributed by atoms with Crippen LogP contribution in [0.2, 0.25) is 18.1 Å². The molecule has 2 saturated heterocycles. The fraction of sp³-hybridized carbons (Fsp3) is 0.686. The molecule has 11 heteroatoms. The van der Waals surface area contributed by atoms with Gasteiger partial charge in [-0.05, 0) is 69.6 Å². The van der Waals surface area contributed by atoms with E-state index in [1.807, 2.05) is 37.3 Å². The number of amides is 4. The predicted molar refractivity (Wildman–Crippen MR) is 181 cm³/mol. The lowest BCUT2D eigenvalue weighted by atomic mass is 9.94. The molecule has 256 valence electrons. The Kier molecular flexibility index (Phi) is 12.8. The Balaban J connectivity index is 1.69. The number of ketones is 1. The third-order valence-corrected chi connectivity index (χ3v) is 14.7. The number of carbonyl (C=O) groups is 5. The standard InChI is InChI=1S/C35H56N4O6Si/c1-9-35(6)33(44)37-27(23-25-17-12-10-13-18-25)32(43)39-22-16-20-28(39)31(42)36-26(30(41)38-35)19-14-11-15-21-29(40)24(2)45-46(7,8)34(3,4)5/h10,12-13,17-18,24,26-28H,9,11,14-16,19-23H2,1-8H3,(H,36,42)(H,37,44)(H,38,41)/t24-,26+,27+,28-,35+/m1/s1. The number of Topliss-reactive ketones (excluding diaryl/α,β-unsaturated/α-hetero) is 1. The average molecular weight is 657 g/mol. The average Bonchev–Trinajstić information content (AvgIpc) is 3.48. The molecule has 2 aliphatic heterocycles. The van der Waals surface area contributed by atoms with Crippen LogP contribution in [-0.4, -0.2) is 78.9 Å². The number of nitrogens with one attached hydrogen (secondary N) is 3. The van der Waals surface area contributed by atoms with E-state index in [9.17, 15) is 24.0 Å². The molecule has 3 rings (SSSR count). The van der Waals surface area contributed by atoms with Crippen molar-refractivity contribution in [2.24, 2.45) is 0 Å². The zero-order valence-electron chi connectivity index (χ0n) is 29.2. The van der Waals surface area contributed by atoms with Gasteiger partial charge in [-0.3, -0.25) is 24.0 Å². The normalized spacial score (nSPS) is 25.5. The molecule has 0 unspecified atom stereocenters. The molecule has 0 bridgehead atoms. The second kappa shape index (κ2) is 15.7. The van der Waals surface area contributed by atoms with Crippen LogP contribution < -0.4 is 16.0 Å². The van der Waals surface area contributed by atoms with Crippen molar-refractivity contribution in [2.75, 3.05) is 6.54 Å². The number of nitrogens with zero attached hydrogens (tertiary/aromatic N) is 1. The summed E-state index contributed by atoms with van der Waals surface area (Å²) in [4.78, 5) is 69.1. The minimum Gasteiger partial charge on any atom is -0.407 e. The van der Waals surface area contributed by atoms with Gasteiger partial charge in [0.15, 0.2) is 14.1 Å². The third-order valence-electron chi connectivity index (χ3n) is 10.1. The smallest absolute Gasteiger partial charge is 0.246 e. The van der Waals surface area contributed by atoms with Crippen molar-refractivity contribution in [3.63, 3.8) is 0 Å². The molecular weight excluding hydrogens is 600 g/mol. The monoisotopic (exact) mass is 656 g/mol. The number of carbonyl (C=O) groups excluding carboxylic acids is 5. The van der Waals surface area contributed by atoms with Gasteiger partial charge in [0.1, 0.15) is 29.8 Å². The molecule has 3 N–H and O–H groups in total. The van der Waals surface area contributed by atoms with Crippen molar-refractivity contribution >= 4 is 37.7 Å². The summed E-state index contributed by atoms with van der Waals surface area (Å²) in [6, 6.07) is 6.97. The maximum Gasteiger partial charge on any atom is 0.246 e. The molecule has 0 aliphatic carbocycles. The number of hydrogen-bond donors (Lipinski definition) is 3. The topological polar surface area (TPSA) is 134 Å². The first-order valence-electron chi connectivity index (χ1n) is 17.0. The van der Waals surface area contributed by atoms with Crippen molar-refractivity contribution < 1.29 is 28.4 Å². The zero-order valence-corrected chi connectivity index (χ0v) is 30.2. The van der Waals surface area contributed by atoms with Gasteiger partial charge in [-0.2, -0.15) is 0 Å². The Morgan fingerprint density at radius 1 is 1.02 bits per heavy atom. The van der Waals surface area contributed by atoms with E-state index in [2.05, 4.69) is 49.8 Å². The van der Waals surface area contributed by atoms with Crippen LogP contribution in [-0.2, 0) is 34.8 Å². The summed E-state index contributed by atoms with van der Waals surface area (Å²) in [6.07, 6.45) is 3.93. The van der Waals surface area contributed by atoms with Crippen LogP contribution in [0.4, 0.5) is 0 Å². The van der Waals surface area contributed by atoms with Crippen LogP contribution in [0, 0.1) is 0 Å². The molecule has 0 aromatic heterocycles. The largest absolute Gasteiger partial charge is 0.407 e. The van der Waals surface area contributed by atoms with Crippen molar-refractivity contribution in [2.45, 2.75) is 147 Å². The van der Waals surface area contributed by atoms with Gasteiger partial charge >= 0.3 is 0 Å². The van der Waals surface area contributed by atoms with Gasteiger partial charge < -0.3 is 25.3 Å². The van der Waals surface area contributed by atoms with E-state index >= 15 is 0 Å². The first-order chi connectivity index (χ1) is 21.5. The van der Waals surface area contributed by atoms with E-state index < -0.39 is 49.9 Å². The Hall–Kier alpha value is -3.05. The number of fused-ring (bicyclic) bond motifs is 1. The molecule has 1 aromatic carbocycles. The maximum atomic E-state index is 13.9. The Bertz CT molecular complexity index is 1250. The van der Waals surface area contributed by atoms with Gasteiger partial charge in [-0.15, -0.1) is 0 Å². The van der Waals surface area contributed by atoms with Crippen molar-refractivity contribution in [1.29, 1.82) is 0 Å². The van der Waals surface area contributed by atoms with Crippen molar-refractivity contribution in [1.82, 2.24) is 20.9 Å². The molecule has 2 fully saturated rings. The van der Waals surface area contributed by atoms with Gasteiger partial charge in [-0.1, -0.05) is 70.9 Å². The molecule has 4 amide bonds. The van der Waals surface area contributed by atoms with E-state index in [0.717, 1.165) is 5.56 Å². The number of hydrogen-bond acceptors (Lipinski definition) is 6. The zero-order chi connectivity index (χ0) is 34.3. The fourth-order valence-electron chi connectivity index (χ4n) is 5.78. The highest BCUT2D eigenvalue weighted by molar-refractivity contribution is 6.74. The van der Waals surface area contributed by atoms with Crippen LogP contribution in [0.5, 0.6) is 0 Å². The third kappa shape index (κ3) is 9.50. The van der Waals surface area contributed by atoms with Crippen LogP contribution in [0.25, 0.3) is 0 Å². The molecule has 46 heavy (non-hydrogen) atoms. The second-order valence-electron chi connectivity index (χ2n) is 14.7. The summed E-state index contributed by atoms with van der Waals surface area (Å²) < 4.78 is 6.25. The van der Waals surface area contributed by atoms with Gasteiger partial charge in [0.25, 0.3) is 0 Å². The van der Waals surface area contributed by atoms with Gasteiger partial charge in [0.05, 0.1) is 0 Å². The van der Waals surface area contributed by atoms with Crippen LogP contribution in [0.15, 0.2) is 30.3 Å². The summed E-state index contributed by atoms with van der Waals surface area (Å²) >= 11 is 0. The number of benzene rings is 1. The fourth-order valence-corrected chi connectivity index (χ4v) is 7.15. The molecule has 5 atom stereocenters. The van der Waals surface area contributed by atoms with E-state index in [1.165, 1.54) is 0 Å². The van der Waals surface area contributed by atoms with Crippen LogP contribution in [0.1, 0.15) is 98.5 Å². The second-order valence-corrected chi connectivity index (χ2v) is 19.5. The van der Waals surface area contributed by atoms with E-state index in [1.54, 1.807) is 18.7 Å². The SMILES string of the molecule is CC[C@]1(C)NC(=O)[C@H](CCCCCC(=O)[C@@H](C)O[Si](C)(C)C(C)(C)C)NC(=O)[C@H]2CCCN2C(=O)[C@H](Cc2ccccc2)NC1=O. The van der Waals surface area contributed by atoms with E-state index in [4.69, 9.17) is 4.43 Å². The summed E-state index contributed by atoms with van der Waals surface area (Å²) in [7, 11) is -2.06. The first kappa shape index (κ1) is 37.4. The van der Waals surface area contributed by atoms with Gasteiger partial charge in [0, 0.05) is 19.4 Å². The Morgan fingerprint density at radius 3 is 2.33 bits per heavy atom. The van der Waals surface area contributed by atoms with E-state index in [-0.39, 0.29) is 29.1 Å².